The Labute approximate surface area is 112 Å². The van der Waals surface area contributed by atoms with Crippen LogP contribution in [0.15, 0.2) is 16.5 Å². The molecule has 1 rings (SSSR count). The zero-order valence-corrected chi connectivity index (χ0v) is 11.7. The van der Waals surface area contributed by atoms with Crippen LogP contribution in [0.1, 0.15) is 38.6 Å². The minimum Gasteiger partial charge on any atom is -0.244 e. The van der Waals surface area contributed by atoms with Gasteiger partial charge in [-0.1, -0.05) is 11.6 Å². The van der Waals surface area contributed by atoms with Gasteiger partial charge in [0.05, 0.1) is 21.7 Å². The van der Waals surface area contributed by atoms with Crippen molar-refractivity contribution in [1.29, 1.82) is 0 Å². The molecule has 0 aliphatic heterocycles. The summed E-state index contributed by atoms with van der Waals surface area (Å²) in [5.74, 6) is 0. The standard InChI is InChI=1S/C11H13ClF2N2OS/c1-11(2,3)18(17)15-6-7-4-5-8(12)9(16-7)10(13)14/h4-6,10H,1-3H3/t18-/m1/s1. The molecule has 100 valence electrons. The second-order valence-corrected chi connectivity index (χ2v) is 6.84. The molecule has 0 radical (unpaired) electrons. The lowest BCUT2D eigenvalue weighted by Gasteiger charge is -2.12. The van der Waals surface area contributed by atoms with Gasteiger partial charge in [-0.25, -0.2) is 18.0 Å². The highest BCUT2D eigenvalue weighted by atomic mass is 35.5. The minimum absolute atomic E-state index is 0.0981. The van der Waals surface area contributed by atoms with E-state index in [2.05, 4.69) is 9.38 Å². The SMILES string of the molecule is CC(C)(C)[S@@](=O)N=Cc1ccc(Cl)c(C(F)F)n1. The molecule has 0 aliphatic carbocycles. The van der Waals surface area contributed by atoms with Crippen LogP contribution in [-0.2, 0) is 11.0 Å². The van der Waals surface area contributed by atoms with Crippen LogP contribution in [0.25, 0.3) is 0 Å². The van der Waals surface area contributed by atoms with Gasteiger partial charge >= 0.3 is 0 Å². The van der Waals surface area contributed by atoms with E-state index >= 15 is 0 Å². The van der Waals surface area contributed by atoms with Crippen molar-refractivity contribution in [1.82, 2.24) is 4.98 Å². The molecule has 0 bridgehead atoms. The van der Waals surface area contributed by atoms with Gasteiger partial charge in [0.15, 0.2) is 0 Å². The molecule has 0 N–H and O–H groups in total. The first-order valence-electron chi connectivity index (χ1n) is 5.12. The second-order valence-electron chi connectivity index (χ2n) is 4.50. The Morgan fingerprint density at radius 1 is 1.44 bits per heavy atom. The summed E-state index contributed by atoms with van der Waals surface area (Å²) in [6, 6.07) is 2.76. The molecular formula is C11H13ClF2N2OS. The molecule has 0 aliphatic rings. The molecule has 1 atom stereocenters. The lowest BCUT2D eigenvalue weighted by Crippen LogP contribution is -2.19. The average Bonchev–Trinajstić information content (AvgIpc) is 2.25. The van der Waals surface area contributed by atoms with Gasteiger partial charge in [0.1, 0.15) is 16.7 Å². The van der Waals surface area contributed by atoms with E-state index in [1.807, 2.05) is 0 Å². The molecule has 0 spiro atoms. The highest BCUT2D eigenvalue weighted by molar-refractivity contribution is 7.85. The maximum absolute atomic E-state index is 12.5. The number of hydrogen-bond acceptors (Lipinski definition) is 2. The number of rotatable bonds is 3. The van der Waals surface area contributed by atoms with Crippen LogP contribution < -0.4 is 0 Å². The zero-order chi connectivity index (χ0) is 13.9. The highest BCUT2D eigenvalue weighted by Crippen LogP contribution is 2.24. The van der Waals surface area contributed by atoms with Gasteiger partial charge in [-0.05, 0) is 32.9 Å². The van der Waals surface area contributed by atoms with Crippen LogP contribution >= 0.6 is 11.6 Å². The van der Waals surface area contributed by atoms with Crippen molar-refractivity contribution in [2.24, 2.45) is 4.40 Å². The van der Waals surface area contributed by atoms with Gasteiger partial charge in [-0.15, -0.1) is 0 Å². The van der Waals surface area contributed by atoms with Crippen LogP contribution in [0.4, 0.5) is 8.78 Å². The number of pyridine rings is 1. The molecule has 1 aromatic rings. The third-order valence-corrected chi connectivity index (χ3v) is 3.57. The first-order chi connectivity index (χ1) is 8.21. The molecule has 0 aromatic carbocycles. The summed E-state index contributed by atoms with van der Waals surface area (Å²) < 4.78 is 40.0. The minimum atomic E-state index is -2.75. The Bertz CT molecular complexity index is 486. The normalized spacial score (nSPS) is 14.4. The first-order valence-corrected chi connectivity index (χ1v) is 6.61. The summed E-state index contributed by atoms with van der Waals surface area (Å²) in [7, 11) is -1.45. The Morgan fingerprint density at radius 2 is 2.06 bits per heavy atom. The summed E-state index contributed by atoms with van der Waals surface area (Å²) in [4.78, 5) is 3.66. The molecule has 0 unspecified atom stereocenters. The van der Waals surface area contributed by atoms with E-state index in [1.165, 1.54) is 18.3 Å². The van der Waals surface area contributed by atoms with Crippen LogP contribution in [0, 0.1) is 0 Å². The Balaban J connectivity index is 2.96. The quantitative estimate of drug-likeness (QED) is 0.800. The van der Waals surface area contributed by atoms with Gasteiger partial charge in [-0.3, -0.25) is 0 Å². The van der Waals surface area contributed by atoms with Crippen LogP contribution in [-0.4, -0.2) is 20.2 Å². The smallest absolute Gasteiger partial charge is 0.244 e. The molecular weight excluding hydrogens is 282 g/mol. The largest absolute Gasteiger partial charge is 0.281 e. The van der Waals surface area contributed by atoms with E-state index in [4.69, 9.17) is 11.6 Å². The van der Waals surface area contributed by atoms with E-state index < -0.39 is 27.9 Å². The van der Waals surface area contributed by atoms with Crippen molar-refractivity contribution < 1.29 is 13.0 Å². The van der Waals surface area contributed by atoms with E-state index in [1.54, 1.807) is 20.8 Å². The average molecular weight is 295 g/mol. The van der Waals surface area contributed by atoms with Crippen molar-refractivity contribution in [3.05, 3.63) is 28.5 Å². The van der Waals surface area contributed by atoms with Crippen LogP contribution in [0.2, 0.25) is 5.02 Å². The van der Waals surface area contributed by atoms with E-state index in [-0.39, 0.29) is 10.7 Å². The lowest BCUT2D eigenvalue weighted by atomic mass is 10.3. The maximum Gasteiger partial charge on any atom is 0.281 e. The summed E-state index contributed by atoms with van der Waals surface area (Å²) in [5.41, 5.74) is -0.297. The van der Waals surface area contributed by atoms with E-state index in [0.29, 0.717) is 0 Å². The number of hydrogen-bond donors (Lipinski definition) is 0. The molecule has 1 heterocycles. The third kappa shape index (κ3) is 4.10. The predicted octanol–water partition coefficient (Wildman–Crippen LogP) is 3.55. The molecule has 1 aromatic heterocycles. The van der Waals surface area contributed by atoms with Gasteiger partial charge in [0, 0.05) is 0 Å². The summed E-state index contributed by atoms with van der Waals surface area (Å²) >= 11 is 5.58. The van der Waals surface area contributed by atoms with Crippen molar-refractivity contribution >= 4 is 28.8 Å². The van der Waals surface area contributed by atoms with E-state index in [9.17, 15) is 13.0 Å². The summed E-state index contributed by atoms with van der Waals surface area (Å²) in [5, 5.41) is -0.0981. The Hall–Kier alpha value is -0.880. The molecule has 18 heavy (non-hydrogen) atoms. The molecule has 0 saturated heterocycles. The molecule has 0 fully saturated rings. The number of halogens is 3. The lowest BCUT2D eigenvalue weighted by molar-refractivity contribution is 0.146. The van der Waals surface area contributed by atoms with Crippen molar-refractivity contribution in [3.8, 4) is 0 Å². The number of nitrogens with zero attached hydrogens (tertiary/aromatic N) is 2. The van der Waals surface area contributed by atoms with Crippen molar-refractivity contribution in [2.45, 2.75) is 31.9 Å². The topological polar surface area (TPSA) is 42.3 Å². The summed E-state index contributed by atoms with van der Waals surface area (Å²) in [6.07, 6.45) is -1.54. The van der Waals surface area contributed by atoms with Crippen LogP contribution in [0.3, 0.4) is 0 Å². The van der Waals surface area contributed by atoms with E-state index in [0.717, 1.165) is 0 Å². The molecule has 0 amide bonds. The Morgan fingerprint density at radius 3 is 2.56 bits per heavy atom. The number of alkyl halides is 2. The van der Waals surface area contributed by atoms with Gasteiger partial charge in [-0.2, -0.15) is 4.40 Å². The predicted molar refractivity (Wildman–Crippen MR) is 69.7 cm³/mol. The number of aromatic nitrogens is 1. The van der Waals surface area contributed by atoms with Gasteiger partial charge in [0.2, 0.25) is 0 Å². The Kier molecular flexibility index (Phi) is 4.92. The molecule has 7 heteroatoms. The van der Waals surface area contributed by atoms with Crippen molar-refractivity contribution in [2.75, 3.05) is 0 Å². The third-order valence-electron chi connectivity index (χ3n) is 1.91. The fraction of sp³-hybridized carbons (Fsp3) is 0.455. The maximum atomic E-state index is 12.5. The van der Waals surface area contributed by atoms with Gasteiger partial charge in [0.25, 0.3) is 6.43 Å². The van der Waals surface area contributed by atoms with Crippen molar-refractivity contribution in [3.63, 3.8) is 0 Å². The second kappa shape index (κ2) is 5.84. The molecule has 0 saturated carbocycles. The first kappa shape index (κ1) is 15.2. The zero-order valence-electron chi connectivity index (χ0n) is 10.2. The highest BCUT2D eigenvalue weighted by Gasteiger charge is 2.18. The molecule has 3 nitrogen and oxygen atoms in total. The fourth-order valence-electron chi connectivity index (χ4n) is 0.959. The van der Waals surface area contributed by atoms with Crippen LogP contribution in [0.5, 0.6) is 0 Å². The fourth-order valence-corrected chi connectivity index (χ4v) is 1.67. The monoisotopic (exact) mass is 294 g/mol. The summed E-state index contributed by atoms with van der Waals surface area (Å²) in [6.45, 7) is 5.29. The van der Waals surface area contributed by atoms with Gasteiger partial charge < -0.3 is 0 Å².